The van der Waals surface area contributed by atoms with E-state index in [4.69, 9.17) is 0 Å². The van der Waals surface area contributed by atoms with E-state index in [0.29, 0.717) is 11.7 Å². The van der Waals surface area contributed by atoms with Gasteiger partial charge in [-0.1, -0.05) is 36.0 Å². The summed E-state index contributed by atoms with van der Waals surface area (Å²) in [4.78, 5) is 16.1. The van der Waals surface area contributed by atoms with E-state index >= 15 is 0 Å². The molecule has 0 spiro atoms. The van der Waals surface area contributed by atoms with Gasteiger partial charge < -0.3 is 4.90 Å². The highest BCUT2D eigenvalue weighted by atomic mass is 32.2. The van der Waals surface area contributed by atoms with Crippen LogP contribution in [0.3, 0.4) is 0 Å². The Labute approximate surface area is 160 Å². The molecule has 1 aromatic carbocycles. The molecule has 0 saturated carbocycles. The maximum Gasteiger partial charge on any atom is 0.240 e. The molecule has 0 radical (unpaired) electrons. The Kier molecular flexibility index (Phi) is 5.03. The van der Waals surface area contributed by atoms with Gasteiger partial charge in [-0.15, -0.1) is 16.4 Å². The molecule has 3 aromatic rings. The van der Waals surface area contributed by atoms with Crippen LogP contribution in [0.25, 0.3) is 0 Å². The molecule has 0 saturated heterocycles. The highest BCUT2D eigenvalue weighted by molar-refractivity contribution is 8.00. The second kappa shape index (κ2) is 7.59. The van der Waals surface area contributed by atoms with Crippen molar-refractivity contribution in [3.63, 3.8) is 0 Å². The van der Waals surface area contributed by atoms with Crippen molar-refractivity contribution in [1.29, 1.82) is 0 Å². The second-order valence-electron chi connectivity index (χ2n) is 6.18. The normalized spacial score (nSPS) is 14.9. The van der Waals surface area contributed by atoms with E-state index in [1.54, 1.807) is 16.0 Å². The van der Waals surface area contributed by atoms with Crippen molar-refractivity contribution in [2.24, 2.45) is 0 Å². The number of para-hydroxylation sites is 1. The molecule has 1 amide bonds. The second-order valence-corrected chi connectivity index (χ2v) is 8.52. The summed E-state index contributed by atoms with van der Waals surface area (Å²) < 4.78 is 1.75. The number of amides is 1. The summed E-state index contributed by atoms with van der Waals surface area (Å²) in [7, 11) is 0. The van der Waals surface area contributed by atoms with Gasteiger partial charge in [0.2, 0.25) is 11.1 Å². The third-order valence-electron chi connectivity index (χ3n) is 4.39. The van der Waals surface area contributed by atoms with Gasteiger partial charge in [0.1, 0.15) is 0 Å². The molecule has 0 aliphatic carbocycles. The van der Waals surface area contributed by atoms with E-state index in [2.05, 4.69) is 27.7 Å². The lowest BCUT2D eigenvalue weighted by Gasteiger charge is -2.31. The highest BCUT2D eigenvalue weighted by Gasteiger charge is 2.28. The van der Waals surface area contributed by atoms with Gasteiger partial charge in [-0.25, -0.2) is 4.68 Å². The summed E-state index contributed by atoms with van der Waals surface area (Å²) in [6, 6.07) is 12.2. The molecule has 134 valence electrons. The number of anilines is 1. The van der Waals surface area contributed by atoms with Crippen molar-refractivity contribution in [3.05, 3.63) is 52.2 Å². The number of aromatic nitrogens is 4. The lowest BCUT2D eigenvalue weighted by Crippen LogP contribution is -2.40. The average molecular weight is 386 g/mol. The van der Waals surface area contributed by atoms with Gasteiger partial charge in [0.15, 0.2) is 0 Å². The van der Waals surface area contributed by atoms with E-state index in [1.807, 2.05) is 41.5 Å². The summed E-state index contributed by atoms with van der Waals surface area (Å²) in [6.07, 6.45) is 2.02. The van der Waals surface area contributed by atoms with Crippen LogP contribution < -0.4 is 4.90 Å². The van der Waals surface area contributed by atoms with Crippen LogP contribution in [0.1, 0.15) is 23.8 Å². The van der Waals surface area contributed by atoms with Crippen molar-refractivity contribution in [2.45, 2.75) is 36.7 Å². The van der Waals surface area contributed by atoms with Gasteiger partial charge in [0.25, 0.3) is 0 Å². The predicted molar refractivity (Wildman–Crippen MR) is 104 cm³/mol. The number of fused-ring (bicyclic) bond motifs is 1. The number of rotatable bonds is 5. The Morgan fingerprint density at radius 2 is 2.19 bits per heavy atom. The van der Waals surface area contributed by atoms with Crippen LogP contribution in [0.4, 0.5) is 5.69 Å². The first-order chi connectivity index (χ1) is 12.7. The fourth-order valence-electron chi connectivity index (χ4n) is 3.12. The van der Waals surface area contributed by atoms with E-state index in [9.17, 15) is 4.79 Å². The Morgan fingerprint density at radius 3 is 3.04 bits per heavy atom. The number of thioether (sulfide) groups is 1. The Bertz CT molecular complexity index is 893. The molecule has 0 fully saturated rings. The van der Waals surface area contributed by atoms with E-state index in [0.717, 1.165) is 25.1 Å². The number of benzene rings is 1. The molecular formula is C18H19N5OS2. The average Bonchev–Trinajstić information content (AvgIpc) is 3.33. The number of hydrogen-bond donors (Lipinski definition) is 0. The first-order valence-corrected chi connectivity index (χ1v) is 10.3. The molecule has 1 aliphatic rings. The minimum atomic E-state index is -0.255. The van der Waals surface area contributed by atoms with Crippen molar-refractivity contribution in [3.8, 4) is 0 Å². The molecule has 0 bridgehead atoms. The summed E-state index contributed by atoms with van der Waals surface area (Å²) in [6.45, 7) is 3.32. The van der Waals surface area contributed by atoms with Gasteiger partial charge in [-0.05, 0) is 53.3 Å². The quantitative estimate of drug-likeness (QED) is 0.631. The molecule has 6 nitrogen and oxygen atoms in total. The van der Waals surface area contributed by atoms with Crippen LogP contribution in [0.2, 0.25) is 0 Å². The smallest absolute Gasteiger partial charge is 0.240 e. The van der Waals surface area contributed by atoms with Crippen LogP contribution >= 0.6 is 23.1 Å². The van der Waals surface area contributed by atoms with Crippen LogP contribution in [0.5, 0.6) is 0 Å². The van der Waals surface area contributed by atoms with Crippen LogP contribution in [-0.2, 0) is 17.8 Å². The third kappa shape index (κ3) is 3.52. The Balaban J connectivity index is 1.48. The largest absolute Gasteiger partial charge is 0.311 e. The van der Waals surface area contributed by atoms with Crippen molar-refractivity contribution >= 4 is 34.7 Å². The van der Waals surface area contributed by atoms with Crippen LogP contribution in [0.15, 0.2) is 46.9 Å². The molecule has 1 atom stereocenters. The predicted octanol–water partition coefficient (Wildman–Crippen LogP) is 3.24. The molecular weight excluding hydrogens is 366 g/mol. The fourth-order valence-corrected chi connectivity index (χ4v) is 4.66. The molecule has 1 aliphatic heterocycles. The summed E-state index contributed by atoms with van der Waals surface area (Å²) in [5.41, 5.74) is 2.28. The number of thiophene rings is 1. The third-order valence-corrected chi connectivity index (χ3v) is 6.31. The van der Waals surface area contributed by atoms with Gasteiger partial charge >= 0.3 is 0 Å². The number of tetrazole rings is 1. The summed E-state index contributed by atoms with van der Waals surface area (Å²) in [5, 5.41) is 14.4. The molecule has 3 heterocycles. The number of nitrogens with zero attached hydrogens (tertiary/aromatic N) is 5. The minimum absolute atomic E-state index is 0.104. The number of carbonyl (C=O) groups excluding carboxylic acids is 1. The van der Waals surface area contributed by atoms with Crippen LogP contribution in [-0.4, -0.2) is 37.9 Å². The van der Waals surface area contributed by atoms with E-state index < -0.39 is 0 Å². The molecule has 8 heteroatoms. The van der Waals surface area contributed by atoms with Crippen molar-refractivity contribution < 1.29 is 4.79 Å². The van der Waals surface area contributed by atoms with Gasteiger partial charge in [0, 0.05) is 17.1 Å². The van der Waals surface area contributed by atoms with E-state index in [1.165, 1.54) is 22.2 Å². The zero-order chi connectivity index (χ0) is 17.9. The van der Waals surface area contributed by atoms with Crippen molar-refractivity contribution in [2.75, 3.05) is 11.4 Å². The highest BCUT2D eigenvalue weighted by Crippen LogP contribution is 2.30. The lowest BCUT2D eigenvalue weighted by molar-refractivity contribution is -0.117. The first-order valence-electron chi connectivity index (χ1n) is 8.57. The molecule has 2 aromatic heterocycles. The maximum absolute atomic E-state index is 13.0. The van der Waals surface area contributed by atoms with Gasteiger partial charge in [0.05, 0.1) is 11.8 Å². The molecule has 0 N–H and O–H groups in total. The Morgan fingerprint density at radius 1 is 1.31 bits per heavy atom. The number of hydrogen-bond acceptors (Lipinski definition) is 6. The molecule has 26 heavy (non-hydrogen) atoms. The SMILES string of the molecule is CC(Sc1nnnn1Cc1cccs1)C(=O)N1CCCc2ccccc21. The summed E-state index contributed by atoms with van der Waals surface area (Å²) >= 11 is 3.08. The van der Waals surface area contributed by atoms with Crippen LogP contribution in [0, 0.1) is 0 Å². The van der Waals surface area contributed by atoms with Gasteiger partial charge in [-0.3, -0.25) is 4.79 Å². The zero-order valence-corrected chi connectivity index (χ0v) is 16.0. The lowest BCUT2D eigenvalue weighted by atomic mass is 10.0. The number of carbonyl (C=O) groups is 1. The van der Waals surface area contributed by atoms with Crippen molar-refractivity contribution in [1.82, 2.24) is 20.2 Å². The first kappa shape index (κ1) is 17.2. The van der Waals surface area contributed by atoms with E-state index in [-0.39, 0.29) is 11.2 Å². The Hall–Kier alpha value is -2.19. The zero-order valence-electron chi connectivity index (χ0n) is 14.4. The topological polar surface area (TPSA) is 63.9 Å². The summed E-state index contributed by atoms with van der Waals surface area (Å²) in [5.74, 6) is 0.104. The fraction of sp³-hybridized carbons (Fsp3) is 0.333. The standard InChI is InChI=1S/C18H19N5OS2/c1-13(17(24)22-10-4-7-14-6-2-3-9-16(14)22)26-18-19-20-21-23(18)12-15-8-5-11-25-15/h2-3,5-6,8-9,11,13H,4,7,10,12H2,1H3. The minimum Gasteiger partial charge on any atom is -0.311 e. The molecule has 4 rings (SSSR count). The monoisotopic (exact) mass is 385 g/mol. The number of aryl methyl sites for hydroxylation is 1. The molecule has 1 unspecified atom stereocenters. The maximum atomic E-state index is 13.0. The van der Waals surface area contributed by atoms with Gasteiger partial charge in [-0.2, -0.15) is 0 Å².